The second-order valence-electron chi connectivity index (χ2n) is 10.4. The molecule has 4 aromatic rings. The number of fused-ring (bicyclic) bond motifs is 1. The number of H-pyrrole nitrogens is 1. The molecule has 7 nitrogen and oxygen atoms in total. The molecular formula is C33H36Cl2N2O5. The first-order valence-electron chi connectivity index (χ1n) is 14.2. The Labute approximate surface area is 256 Å². The highest BCUT2D eigenvalue weighted by Gasteiger charge is 2.33. The number of piperidine rings is 1. The fourth-order valence-electron chi connectivity index (χ4n) is 5.32. The topological polar surface area (TPSA) is 73.0 Å². The predicted octanol–water partition coefficient (Wildman–Crippen LogP) is 6.66. The largest absolute Gasteiger partial charge is 0.496 e. The number of nitrogens with zero attached hydrogens (tertiary/aromatic N) is 1. The van der Waals surface area contributed by atoms with Crippen LogP contribution in [0.25, 0.3) is 10.9 Å². The predicted molar refractivity (Wildman–Crippen MR) is 167 cm³/mol. The Kier molecular flexibility index (Phi) is 10.8. The fourth-order valence-corrected chi connectivity index (χ4v) is 5.68. The van der Waals surface area contributed by atoms with E-state index in [-0.39, 0.29) is 17.6 Å². The molecule has 3 aromatic carbocycles. The summed E-state index contributed by atoms with van der Waals surface area (Å²) in [4.78, 5) is 16.1. The molecule has 0 aliphatic carbocycles. The van der Waals surface area contributed by atoms with Gasteiger partial charge in [-0.25, -0.2) is 0 Å². The Hall–Kier alpha value is -3.07. The normalized spacial score (nSPS) is 17.5. The van der Waals surface area contributed by atoms with Crippen LogP contribution in [-0.4, -0.2) is 54.4 Å². The van der Waals surface area contributed by atoms with E-state index in [1.807, 2.05) is 65.6 Å². The van der Waals surface area contributed by atoms with Gasteiger partial charge in [0.1, 0.15) is 11.5 Å². The minimum absolute atomic E-state index is 0.101. The number of methoxy groups -OCH3 is 1. The number of para-hydroxylation sites is 1. The van der Waals surface area contributed by atoms with E-state index in [1.165, 1.54) is 11.6 Å². The van der Waals surface area contributed by atoms with Crippen LogP contribution in [-0.2, 0) is 22.7 Å². The van der Waals surface area contributed by atoms with Gasteiger partial charge in [-0.2, -0.15) is 0 Å². The number of rotatable bonds is 13. The molecule has 222 valence electrons. The number of halogens is 2. The lowest BCUT2D eigenvalue weighted by atomic mass is 9.87. The van der Waals surface area contributed by atoms with Gasteiger partial charge in [-0.05, 0) is 53.3 Å². The van der Waals surface area contributed by atoms with Crippen LogP contribution in [0.1, 0.15) is 35.4 Å². The molecule has 42 heavy (non-hydrogen) atoms. The Morgan fingerprint density at radius 2 is 1.79 bits per heavy atom. The van der Waals surface area contributed by atoms with Crippen molar-refractivity contribution in [2.24, 2.45) is 0 Å². The summed E-state index contributed by atoms with van der Waals surface area (Å²) in [5.41, 5.74) is 3.89. The summed E-state index contributed by atoms with van der Waals surface area (Å²) < 4.78 is 23.6. The molecule has 1 aliphatic rings. The van der Waals surface area contributed by atoms with E-state index in [0.29, 0.717) is 33.0 Å². The van der Waals surface area contributed by atoms with Crippen molar-refractivity contribution >= 4 is 34.1 Å². The number of aromatic nitrogens is 1. The molecule has 1 fully saturated rings. The van der Waals surface area contributed by atoms with Crippen molar-refractivity contribution in [3.63, 3.8) is 0 Å². The van der Waals surface area contributed by atoms with Crippen LogP contribution in [0.15, 0.2) is 83.7 Å². The number of ether oxygens (including phenoxy) is 4. The summed E-state index contributed by atoms with van der Waals surface area (Å²) in [5, 5.41) is 0.981. The molecule has 9 heteroatoms. The summed E-state index contributed by atoms with van der Waals surface area (Å²) in [6.45, 7) is 3.50. The summed E-state index contributed by atoms with van der Waals surface area (Å²) in [6, 6.07) is 25.5. The Morgan fingerprint density at radius 1 is 0.976 bits per heavy atom. The van der Waals surface area contributed by atoms with Crippen molar-refractivity contribution in [1.29, 1.82) is 0 Å². The maximum Gasteiger partial charge on any atom is 0.248 e. The van der Waals surface area contributed by atoms with Crippen LogP contribution in [0.3, 0.4) is 0 Å². The van der Waals surface area contributed by atoms with Crippen LogP contribution in [0.2, 0.25) is 0 Å². The van der Waals surface area contributed by atoms with E-state index < -0.39 is 4.96 Å². The number of likely N-dealkylation sites (tertiary alicyclic amines) is 1. The number of benzene rings is 3. The SMILES string of the molecule is COc1ccccc1COCCCOc1ccc(C2CCN(C(Cl)Cl)CC2OCc2ccc3ccc(=O)[nH]c3c2)cc1. The van der Waals surface area contributed by atoms with E-state index in [1.54, 1.807) is 7.11 Å². The number of hydrogen-bond acceptors (Lipinski definition) is 6. The molecular weight excluding hydrogens is 575 g/mol. The molecule has 2 unspecified atom stereocenters. The Morgan fingerprint density at radius 3 is 2.60 bits per heavy atom. The van der Waals surface area contributed by atoms with Gasteiger partial charge >= 0.3 is 0 Å². The van der Waals surface area contributed by atoms with E-state index in [9.17, 15) is 4.79 Å². The number of hydrogen-bond donors (Lipinski definition) is 1. The molecule has 5 rings (SSSR count). The third-order valence-corrected chi connectivity index (χ3v) is 8.13. The van der Waals surface area contributed by atoms with Crippen LogP contribution in [0.4, 0.5) is 0 Å². The molecule has 1 aromatic heterocycles. The third kappa shape index (κ3) is 8.06. The minimum Gasteiger partial charge on any atom is -0.496 e. The highest BCUT2D eigenvalue weighted by atomic mass is 35.5. The minimum atomic E-state index is -0.586. The van der Waals surface area contributed by atoms with Gasteiger partial charge in [0.15, 0.2) is 4.96 Å². The van der Waals surface area contributed by atoms with E-state index >= 15 is 0 Å². The lowest BCUT2D eigenvalue weighted by Crippen LogP contribution is -2.45. The van der Waals surface area contributed by atoms with Gasteiger partial charge in [0.05, 0.1) is 39.6 Å². The van der Waals surface area contributed by atoms with Crippen molar-refractivity contribution in [3.05, 3.63) is 106 Å². The molecule has 0 saturated carbocycles. The second kappa shape index (κ2) is 14.9. The molecule has 2 atom stereocenters. The number of alkyl halides is 2. The molecule has 0 amide bonds. The van der Waals surface area contributed by atoms with Gasteiger partial charge in [0.25, 0.3) is 0 Å². The highest BCUT2D eigenvalue weighted by Crippen LogP contribution is 2.34. The van der Waals surface area contributed by atoms with Gasteiger partial charge in [0.2, 0.25) is 5.56 Å². The summed E-state index contributed by atoms with van der Waals surface area (Å²) in [5.74, 6) is 1.85. The van der Waals surface area contributed by atoms with Crippen LogP contribution in [0.5, 0.6) is 11.5 Å². The lowest BCUT2D eigenvalue weighted by molar-refractivity contribution is -0.0226. The van der Waals surface area contributed by atoms with Gasteiger partial charge in [-0.1, -0.05) is 65.7 Å². The first-order valence-corrected chi connectivity index (χ1v) is 15.1. The standard InChI is InChI=1S/C33H36Cl2N2O5/c1-39-30-6-3-2-5-26(30)22-40-17-4-18-41-27-12-9-24(10-13-27)28-15-16-37(33(34)35)20-31(28)42-21-23-7-8-25-11-14-32(38)36-29(25)19-23/h2-3,5-14,19,28,31,33H,4,15-18,20-22H2,1H3,(H,36,38). The molecule has 0 spiro atoms. The average molecular weight is 612 g/mol. The molecule has 2 heterocycles. The van der Waals surface area contributed by atoms with Gasteiger partial charge < -0.3 is 23.9 Å². The van der Waals surface area contributed by atoms with Gasteiger partial charge in [-0.15, -0.1) is 0 Å². The molecule has 0 radical (unpaired) electrons. The molecule has 1 N–H and O–H groups in total. The lowest BCUT2D eigenvalue weighted by Gasteiger charge is -2.39. The first-order chi connectivity index (χ1) is 20.5. The van der Waals surface area contributed by atoms with Crippen molar-refractivity contribution in [2.75, 3.05) is 33.4 Å². The maximum atomic E-state index is 11.8. The maximum absolute atomic E-state index is 11.8. The molecule has 0 bridgehead atoms. The van der Waals surface area contributed by atoms with Crippen molar-refractivity contribution in [3.8, 4) is 11.5 Å². The molecule has 1 aliphatic heterocycles. The zero-order chi connectivity index (χ0) is 29.3. The number of nitrogens with one attached hydrogen (secondary N) is 1. The van der Waals surface area contributed by atoms with Crippen molar-refractivity contribution in [1.82, 2.24) is 9.88 Å². The van der Waals surface area contributed by atoms with E-state index in [4.69, 9.17) is 42.1 Å². The van der Waals surface area contributed by atoms with Crippen LogP contribution < -0.4 is 15.0 Å². The smallest absolute Gasteiger partial charge is 0.248 e. The molecule has 1 saturated heterocycles. The van der Waals surface area contributed by atoms with Crippen molar-refractivity contribution in [2.45, 2.75) is 43.0 Å². The quantitative estimate of drug-likeness (QED) is 0.104. The first kappa shape index (κ1) is 30.4. The summed E-state index contributed by atoms with van der Waals surface area (Å²) >= 11 is 12.5. The van der Waals surface area contributed by atoms with E-state index in [0.717, 1.165) is 52.9 Å². The zero-order valence-electron chi connectivity index (χ0n) is 23.6. The monoisotopic (exact) mass is 610 g/mol. The third-order valence-electron chi connectivity index (χ3n) is 7.58. The fraction of sp³-hybridized carbons (Fsp3) is 0.364. The van der Waals surface area contributed by atoms with Gasteiger partial charge in [-0.3, -0.25) is 9.69 Å². The van der Waals surface area contributed by atoms with Crippen molar-refractivity contribution < 1.29 is 18.9 Å². The average Bonchev–Trinajstić information content (AvgIpc) is 3.01. The summed E-state index contributed by atoms with van der Waals surface area (Å²) in [6.07, 6.45) is 1.55. The van der Waals surface area contributed by atoms with Gasteiger partial charge in [0, 0.05) is 42.6 Å². The highest BCUT2D eigenvalue weighted by molar-refractivity contribution is 6.43. The number of aromatic amines is 1. The Balaban J connectivity index is 1.14. The second-order valence-corrected chi connectivity index (χ2v) is 11.4. The van der Waals surface area contributed by atoms with Crippen LogP contribution in [0, 0.1) is 0 Å². The zero-order valence-corrected chi connectivity index (χ0v) is 25.2. The number of pyridine rings is 1. The summed E-state index contributed by atoms with van der Waals surface area (Å²) in [7, 11) is 1.67. The van der Waals surface area contributed by atoms with Crippen LogP contribution >= 0.6 is 23.2 Å². The van der Waals surface area contributed by atoms with E-state index in [2.05, 4.69) is 17.1 Å². The Bertz CT molecular complexity index is 1490.